The molecule has 0 spiro atoms. The van der Waals surface area contributed by atoms with Crippen LogP contribution >= 0.6 is 0 Å². The van der Waals surface area contributed by atoms with E-state index >= 15 is 0 Å². The van der Waals surface area contributed by atoms with Gasteiger partial charge in [-0.05, 0) is 0 Å². The molecule has 0 unspecified atom stereocenters. The quantitative estimate of drug-likeness (QED) is 0.468. The summed E-state index contributed by atoms with van der Waals surface area (Å²) in [6, 6.07) is 0. The van der Waals surface area contributed by atoms with Crippen molar-refractivity contribution in [2.24, 2.45) is 0 Å². The summed E-state index contributed by atoms with van der Waals surface area (Å²) in [6.45, 7) is 9.57. The van der Waals surface area contributed by atoms with E-state index in [0.717, 1.165) is 0 Å². The number of hydrogen-bond donors (Lipinski definition) is 0. The minimum absolute atomic E-state index is 0. The summed E-state index contributed by atoms with van der Waals surface area (Å²) in [6.07, 6.45) is 3.72. The van der Waals surface area contributed by atoms with Gasteiger partial charge in [-0.2, -0.15) is 0 Å². The SMILES string of the molecule is CC1=CC[C]([Zr+2][SiH](C)C)=C1C.[Cl-].[Cl-]. The predicted octanol–water partition coefficient (Wildman–Crippen LogP) is -3.32. The molecule has 0 nitrogen and oxygen atoms in total. The van der Waals surface area contributed by atoms with Crippen LogP contribution in [0.25, 0.3) is 0 Å². The second kappa shape index (κ2) is 7.45. The maximum atomic E-state index is 2.50. The van der Waals surface area contributed by atoms with E-state index in [9.17, 15) is 0 Å². The van der Waals surface area contributed by atoms with Crippen molar-refractivity contribution in [3.05, 3.63) is 20.5 Å². The van der Waals surface area contributed by atoms with Gasteiger partial charge in [-0.3, -0.25) is 0 Å². The largest absolute Gasteiger partial charge is 1.00 e. The van der Waals surface area contributed by atoms with Crippen molar-refractivity contribution >= 4 is 5.92 Å². The first-order valence-electron chi connectivity index (χ1n) is 4.24. The third kappa shape index (κ3) is 4.97. The van der Waals surface area contributed by atoms with Crippen LogP contribution in [0.4, 0.5) is 0 Å². The molecule has 0 heterocycles. The molecule has 0 fully saturated rings. The molecule has 0 saturated carbocycles. The van der Waals surface area contributed by atoms with Crippen molar-refractivity contribution in [3.63, 3.8) is 0 Å². The van der Waals surface area contributed by atoms with Crippen LogP contribution in [0.1, 0.15) is 20.3 Å². The average Bonchev–Trinajstić information content (AvgIpc) is 2.18. The van der Waals surface area contributed by atoms with Gasteiger partial charge in [0.25, 0.3) is 0 Å². The molecule has 0 amide bonds. The van der Waals surface area contributed by atoms with Crippen LogP contribution in [0.15, 0.2) is 20.5 Å². The third-order valence-electron chi connectivity index (χ3n) is 2.12. The van der Waals surface area contributed by atoms with E-state index < -0.39 is 0 Å². The molecular formula is C9H16Cl2SiZr. The van der Waals surface area contributed by atoms with E-state index in [0.29, 0.717) is 0 Å². The van der Waals surface area contributed by atoms with Gasteiger partial charge in [-0.25, -0.2) is 0 Å². The zero-order valence-electron chi connectivity index (χ0n) is 8.62. The van der Waals surface area contributed by atoms with Crippen LogP contribution < -0.4 is 24.8 Å². The fourth-order valence-electron chi connectivity index (χ4n) is 1.31. The van der Waals surface area contributed by atoms with Crippen LogP contribution in [0.5, 0.6) is 0 Å². The maximum absolute atomic E-state index is 2.50. The first-order valence-corrected chi connectivity index (χ1v) is 12.6. The van der Waals surface area contributed by atoms with E-state index in [1.165, 1.54) is 6.42 Å². The summed E-state index contributed by atoms with van der Waals surface area (Å²) in [5, 5.41) is 0. The normalized spacial score (nSPS) is 14.7. The molecule has 0 aliphatic heterocycles. The first-order chi connectivity index (χ1) is 5.11. The topological polar surface area (TPSA) is 0 Å². The molecule has 0 saturated heterocycles. The molecule has 1 aliphatic carbocycles. The number of halogens is 2. The Kier molecular flexibility index (Phi) is 9.51. The smallest absolute Gasteiger partial charge is 1.00 e. The Morgan fingerprint density at radius 1 is 1.23 bits per heavy atom. The molecule has 0 aromatic heterocycles. The summed E-state index contributed by atoms with van der Waals surface area (Å²) in [7, 11) is 0. The summed E-state index contributed by atoms with van der Waals surface area (Å²) in [5.74, 6) is -0.211. The fourth-order valence-corrected chi connectivity index (χ4v) is 10.7. The molecule has 13 heavy (non-hydrogen) atoms. The summed E-state index contributed by atoms with van der Waals surface area (Å²) >= 11 is -0.0606. The van der Waals surface area contributed by atoms with Crippen molar-refractivity contribution in [3.8, 4) is 0 Å². The van der Waals surface area contributed by atoms with E-state index in [1.54, 1.807) is 11.1 Å². The number of allylic oxidation sites excluding steroid dienone is 4. The molecule has 0 aromatic carbocycles. The molecule has 0 bridgehead atoms. The van der Waals surface area contributed by atoms with E-state index in [4.69, 9.17) is 0 Å². The van der Waals surface area contributed by atoms with Crippen LogP contribution in [-0.4, -0.2) is 5.92 Å². The van der Waals surface area contributed by atoms with E-state index in [2.05, 4.69) is 33.0 Å². The van der Waals surface area contributed by atoms with Gasteiger partial charge in [0, 0.05) is 0 Å². The molecule has 74 valence electrons. The third-order valence-corrected chi connectivity index (χ3v) is 11.3. The molecule has 0 N–H and O–H groups in total. The van der Waals surface area contributed by atoms with Crippen molar-refractivity contribution < 1.29 is 47.2 Å². The average molecular weight is 314 g/mol. The molecular weight excluding hydrogens is 298 g/mol. The van der Waals surface area contributed by atoms with Gasteiger partial charge in [-0.15, -0.1) is 0 Å². The first kappa shape index (κ1) is 16.6. The Hall–Kier alpha value is 1.16. The Morgan fingerprint density at radius 2 is 1.77 bits per heavy atom. The van der Waals surface area contributed by atoms with Crippen molar-refractivity contribution in [1.29, 1.82) is 0 Å². The van der Waals surface area contributed by atoms with Gasteiger partial charge in [-0.1, -0.05) is 0 Å². The fraction of sp³-hybridized carbons (Fsp3) is 0.556. The Bertz CT molecular complexity index is 222. The number of hydrogen-bond acceptors (Lipinski definition) is 0. The minimum atomic E-state index is -0.211. The van der Waals surface area contributed by atoms with E-state index in [1.807, 2.05) is 3.28 Å². The molecule has 0 atom stereocenters. The van der Waals surface area contributed by atoms with E-state index in [-0.39, 0.29) is 53.1 Å². The zero-order valence-corrected chi connectivity index (χ0v) is 13.7. The monoisotopic (exact) mass is 312 g/mol. The summed E-state index contributed by atoms with van der Waals surface area (Å²) in [5.41, 5.74) is 3.20. The van der Waals surface area contributed by atoms with Crippen molar-refractivity contribution in [2.45, 2.75) is 33.4 Å². The van der Waals surface area contributed by atoms with Crippen molar-refractivity contribution in [1.82, 2.24) is 0 Å². The van der Waals surface area contributed by atoms with Crippen LogP contribution in [-0.2, 0) is 22.4 Å². The van der Waals surface area contributed by atoms with Gasteiger partial charge >= 0.3 is 82.2 Å². The Balaban J connectivity index is 0. The van der Waals surface area contributed by atoms with Crippen LogP contribution in [0, 0.1) is 0 Å². The van der Waals surface area contributed by atoms with Gasteiger partial charge in [0.1, 0.15) is 0 Å². The van der Waals surface area contributed by atoms with Gasteiger partial charge in [0.05, 0.1) is 0 Å². The van der Waals surface area contributed by atoms with Gasteiger partial charge < -0.3 is 24.8 Å². The summed E-state index contributed by atoms with van der Waals surface area (Å²) < 4.78 is 1.88. The Labute approximate surface area is 106 Å². The van der Waals surface area contributed by atoms with Crippen molar-refractivity contribution in [2.75, 3.05) is 0 Å². The maximum Gasteiger partial charge on any atom is -1.00 e. The number of rotatable bonds is 2. The second-order valence-corrected chi connectivity index (χ2v) is 18.2. The zero-order chi connectivity index (χ0) is 8.43. The Morgan fingerprint density at radius 3 is 2.08 bits per heavy atom. The molecule has 1 aliphatic rings. The minimum Gasteiger partial charge on any atom is -1.00 e. The second-order valence-electron chi connectivity index (χ2n) is 3.49. The standard InChI is InChI=1S/C7H9.C2H7Si.2ClH.Zr/c1-6-4-3-5-7(6)2;1-3-2;;;/h4H,3H2,1-2H3;3H,1-2H3;2*1H;/q;;;;+2/p-2. The molecule has 0 radical (unpaired) electrons. The molecule has 4 heteroatoms. The molecule has 0 aromatic rings. The van der Waals surface area contributed by atoms with Crippen LogP contribution in [0.2, 0.25) is 13.1 Å². The summed E-state index contributed by atoms with van der Waals surface area (Å²) in [4.78, 5) is 0. The van der Waals surface area contributed by atoms with Crippen LogP contribution in [0.3, 0.4) is 0 Å². The van der Waals surface area contributed by atoms with Gasteiger partial charge in [0.15, 0.2) is 0 Å². The van der Waals surface area contributed by atoms with Gasteiger partial charge in [0.2, 0.25) is 0 Å². The molecule has 1 rings (SSSR count). The predicted molar refractivity (Wildman–Crippen MR) is 50.0 cm³/mol.